The lowest BCUT2D eigenvalue weighted by atomic mass is 10.3. The number of benzene rings is 1. The van der Waals surface area contributed by atoms with E-state index in [0.29, 0.717) is 10.3 Å². The number of thiazole rings is 1. The Bertz CT molecular complexity index is 812. The van der Waals surface area contributed by atoms with Crippen LogP contribution in [0.1, 0.15) is 4.88 Å². The second kappa shape index (κ2) is 6.37. The summed E-state index contributed by atoms with van der Waals surface area (Å²) in [5.41, 5.74) is 1.73. The van der Waals surface area contributed by atoms with E-state index in [-0.39, 0.29) is 11.7 Å². The Labute approximate surface area is 135 Å². The zero-order valence-electron chi connectivity index (χ0n) is 12.0. The fourth-order valence-corrected chi connectivity index (χ4v) is 3.23. The Morgan fingerprint density at radius 3 is 3.09 bits per heavy atom. The van der Waals surface area contributed by atoms with Gasteiger partial charge in [-0.25, -0.2) is 9.97 Å². The first-order valence-corrected chi connectivity index (χ1v) is 8.33. The summed E-state index contributed by atoms with van der Waals surface area (Å²) in [5, 5.41) is 4.10. The first-order chi connectivity index (χ1) is 10.6. The number of ether oxygens (including phenoxy) is 1. The van der Waals surface area contributed by atoms with Crippen molar-refractivity contribution in [3.63, 3.8) is 0 Å². The summed E-state index contributed by atoms with van der Waals surface area (Å²) in [6.07, 6.45) is 1.74. The van der Waals surface area contributed by atoms with Crippen molar-refractivity contribution in [2.75, 3.05) is 18.2 Å². The number of imidazole rings is 1. The van der Waals surface area contributed by atoms with E-state index in [9.17, 15) is 4.79 Å². The number of anilines is 1. The minimum atomic E-state index is -0.0996. The molecule has 0 aliphatic heterocycles. The van der Waals surface area contributed by atoms with Crippen LogP contribution < -0.4 is 10.1 Å². The van der Waals surface area contributed by atoms with Crippen molar-refractivity contribution in [1.29, 1.82) is 0 Å². The molecule has 0 spiro atoms. The third-order valence-corrected chi connectivity index (χ3v) is 4.58. The SMILES string of the molecule is COc1ccc2nc(SCC(=O)Nc3ncc(C)s3)[nH]c2c1. The van der Waals surface area contributed by atoms with Crippen LogP contribution in [0.2, 0.25) is 0 Å². The minimum absolute atomic E-state index is 0.0996. The quantitative estimate of drug-likeness (QED) is 0.701. The number of aromatic amines is 1. The molecule has 2 heterocycles. The molecule has 2 N–H and O–H groups in total. The van der Waals surface area contributed by atoms with Crippen molar-refractivity contribution in [1.82, 2.24) is 15.0 Å². The lowest BCUT2D eigenvalue weighted by Crippen LogP contribution is -2.13. The number of hydrogen-bond donors (Lipinski definition) is 2. The van der Waals surface area contributed by atoms with Crippen LogP contribution in [0, 0.1) is 6.92 Å². The smallest absolute Gasteiger partial charge is 0.236 e. The number of carbonyl (C=O) groups excluding carboxylic acids is 1. The normalized spacial score (nSPS) is 10.8. The zero-order valence-corrected chi connectivity index (χ0v) is 13.7. The van der Waals surface area contributed by atoms with Crippen LogP contribution in [0.15, 0.2) is 29.6 Å². The van der Waals surface area contributed by atoms with Crippen LogP contribution in [-0.4, -0.2) is 33.7 Å². The van der Waals surface area contributed by atoms with Crippen molar-refractivity contribution >= 4 is 45.2 Å². The lowest BCUT2D eigenvalue weighted by molar-refractivity contribution is -0.113. The number of methoxy groups -OCH3 is 1. The van der Waals surface area contributed by atoms with Crippen molar-refractivity contribution in [3.8, 4) is 5.75 Å². The van der Waals surface area contributed by atoms with Gasteiger partial charge in [-0.15, -0.1) is 11.3 Å². The molecule has 0 saturated carbocycles. The fraction of sp³-hybridized carbons (Fsp3) is 0.214. The van der Waals surface area contributed by atoms with E-state index in [4.69, 9.17) is 4.74 Å². The van der Waals surface area contributed by atoms with Gasteiger partial charge in [0.1, 0.15) is 5.75 Å². The van der Waals surface area contributed by atoms with Gasteiger partial charge in [0.2, 0.25) is 5.91 Å². The molecule has 1 amide bonds. The van der Waals surface area contributed by atoms with Gasteiger partial charge in [0.15, 0.2) is 10.3 Å². The monoisotopic (exact) mass is 334 g/mol. The maximum absolute atomic E-state index is 11.9. The molecule has 0 fully saturated rings. The van der Waals surface area contributed by atoms with Crippen LogP contribution in [0.5, 0.6) is 5.75 Å². The first kappa shape index (κ1) is 14.9. The van der Waals surface area contributed by atoms with Gasteiger partial charge in [-0.2, -0.15) is 0 Å². The average Bonchev–Trinajstić information content (AvgIpc) is 3.10. The molecule has 0 saturated heterocycles. The van der Waals surface area contributed by atoms with Gasteiger partial charge in [-0.3, -0.25) is 4.79 Å². The second-order valence-electron chi connectivity index (χ2n) is 4.54. The van der Waals surface area contributed by atoms with Crippen molar-refractivity contribution < 1.29 is 9.53 Å². The number of aryl methyl sites for hydroxylation is 1. The lowest BCUT2D eigenvalue weighted by Gasteiger charge is -1.99. The summed E-state index contributed by atoms with van der Waals surface area (Å²) < 4.78 is 5.17. The van der Waals surface area contributed by atoms with E-state index in [2.05, 4.69) is 20.3 Å². The molecule has 2 aromatic heterocycles. The van der Waals surface area contributed by atoms with E-state index in [1.165, 1.54) is 23.1 Å². The average molecular weight is 334 g/mol. The maximum Gasteiger partial charge on any atom is 0.236 e. The number of H-pyrrole nitrogens is 1. The predicted molar refractivity (Wildman–Crippen MR) is 88.9 cm³/mol. The molecule has 6 nitrogen and oxygen atoms in total. The molecule has 22 heavy (non-hydrogen) atoms. The highest BCUT2D eigenvalue weighted by molar-refractivity contribution is 7.99. The third-order valence-electron chi connectivity index (χ3n) is 2.87. The summed E-state index contributed by atoms with van der Waals surface area (Å²) in [6.45, 7) is 1.95. The molecule has 0 aliphatic rings. The number of rotatable bonds is 5. The molecule has 114 valence electrons. The van der Waals surface area contributed by atoms with E-state index in [1.54, 1.807) is 13.3 Å². The highest BCUT2D eigenvalue weighted by Crippen LogP contribution is 2.23. The second-order valence-corrected chi connectivity index (χ2v) is 6.74. The highest BCUT2D eigenvalue weighted by Gasteiger charge is 2.09. The molecule has 0 unspecified atom stereocenters. The topological polar surface area (TPSA) is 79.9 Å². The van der Waals surface area contributed by atoms with Crippen LogP contribution in [0.3, 0.4) is 0 Å². The predicted octanol–water partition coefficient (Wildman–Crippen LogP) is 3.07. The zero-order chi connectivity index (χ0) is 15.5. The van der Waals surface area contributed by atoms with Crippen molar-refractivity contribution in [2.24, 2.45) is 0 Å². The van der Waals surface area contributed by atoms with Crippen LogP contribution >= 0.6 is 23.1 Å². The Morgan fingerprint density at radius 2 is 2.36 bits per heavy atom. The Morgan fingerprint density at radius 1 is 1.50 bits per heavy atom. The van der Waals surface area contributed by atoms with Gasteiger partial charge >= 0.3 is 0 Å². The van der Waals surface area contributed by atoms with Gasteiger partial charge in [0, 0.05) is 17.1 Å². The summed E-state index contributed by atoms with van der Waals surface area (Å²) in [7, 11) is 1.62. The van der Waals surface area contributed by atoms with E-state index >= 15 is 0 Å². The molecule has 3 aromatic rings. The summed E-state index contributed by atoms with van der Waals surface area (Å²) in [5.74, 6) is 0.942. The van der Waals surface area contributed by atoms with Gasteiger partial charge in [-0.1, -0.05) is 11.8 Å². The Kier molecular flexibility index (Phi) is 4.30. The highest BCUT2D eigenvalue weighted by atomic mass is 32.2. The third kappa shape index (κ3) is 3.40. The van der Waals surface area contributed by atoms with Gasteiger partial charge in [0.05, 0.1) is 23.9 Å². The molecule has 0 atom stereocenters. The summed E-state index contributed by atoms with van der Waals surface area (Å²) in [6, 6.07) is 5.62. The molecular weight excluding hydrogens is 320 g/mol. The fourth-order valence-electron chi connectivity index (χ4n) is 1.86. The van der Waals surface area contributed by atoms with Gasteiger partial charge < -0.3 is 15.0 Å². The Hall–Kier alpha value is -2.06. The Balaban J connectivity index is 1.62. The number of thioether (sulfide) groups is 1. The van der Waals surface area contributed by atoms with E-state index in [0.717, 1.165) is 21.7 Å². The molecule has 0 aliphatic carbocycles. The number of aromatic nitrogens is 3. The van der Waals surface area contributed by atoms with E-state index < -0.39 is 0 Å². The number of hydrogen-bond acceptors (Lipinski definition) is 6. The molecular formula is C14H14N4O2S2. The molecule has 0 bridgehead atoms. The van der Waals surface area contributed by atoms with Gasteiger partial charge in [0.25, 0.3) is 0 Å². The largest absolute Gasteiger partial charge is 0.497 e. The van der Waals surface area contributed by atoms with Crippen LogP contribution in [0.4, 0.5) is 5.13 Å². The molecule has 0 radical (unpaired) electrons. The minimum Gasteiger partial charge on any atom is -0.497 e. The maximum atomic E-state index is 11.9. The molecule has 1 aromatic carbocycles. The van der Waals surface area contributed by atoms with Crippen molar-refractivity contribution in [3.05, 3.63) is 29.3 Å². The molecule has 3 rings (SSSR count). The van der Waals surface area contributed by atoms with Crippen LogP contribution in [-0.2, 0) is 4.79 Å². The standard InChI is InChI=1S/C14H14N4O2S2/c1-8-6-15-13(22-8)18-12(19)7-21-14-16-10-4-3-9(20-2)5-11(10)17-14/h3-6H,7H2,1-2H3,(H,16,17)(H,15,18,19). The molecule has 8 heteroatoms. The first-order valence-electron chi connectivity index (χ1n) is 6.53. The van der Waals surface area contributed by atoms with Crippen LogP contribution in [0.25, 0.3) is 11.0 Å². The number of nitrogens with one attached hydrogen (secondary N) is 2. The van der Waals surface area contributed by atoms with Gasteiger partial charge in [-0.05, 0) is 19.1 Å². The van der Waals surface area contributed by atoms with Crippen molar-refractivity contribution in [2.45, 2.75) is 12.1 Å². The number of nitrogens with zero attached hydrogens (tertiary/aromatic N) is 2. The summed E-state index contributed by atoms with van der Waals surface area (Å²) in [4.78, 5) is 24.7. The number of amides is 1. The van der Waals surface area contributed by atoms with E-state index in [1.807, 2.05) is 25.1 Å². The number of fused-ring (bicyclic) bond motifs is 1. The summed E-state index contributed by atoms with van der Waals surface area (Å²) >= 11 is 2.81. The number of carbonyl (C=O) groups is 1.